The van der Waals surface area contributed by atoms with E-state index in [0.717, 1.165) is 6.42 Å². The molecule has 0 aliphatic carbocycles. The summed E-state index contributed by atoms with van der Waals surface area (Å²) in [6, 6.07) is 0.157. The van der Waals surface area contributed by atoms with Crippen molar-refractivity contribution in [3.05, 3.63) is 0 Å². The number of primary amides is 1. The second-order valence-corrected chi connectivity index (χ2v) is 3.55. The first-order chi connectivity index (χ1) is 5.49. The van der Waals surface area contributed by atoms with E-state index >= 15 is 0 Å². The van der Waals surface area contributed by atoms with Crippen LogP contribution in [0.5, 0.6) is 0 Å². The van der Waals surface area contributed by atoms with E-state index in [-0.39, 0.29) is 11.9 Å². The van der Waals surface area contributed by atoms with E-state index < -0.39 is 0 Å². The minimum absolute atomic E-state index is 0.225. The summed E-state index contributed by atoms with van der Waals surface area (Å²) in [4.78, 5) is 10.7. The molecule has 0 fully saturated rings. The summed E-state index contributed by atoms with van der Waals surface area (Å²) in [7, 11) is 0. The number of nitrogens with two attached hydrogens (primary N) is 1. The maximum atomic E-state index is 10.7. The molecule has 3 N–H and O–H groups in total. The average Bonchev–Trinajstić information content (AvgIpc) is 1.98. The molecule has 3 nitrogen and oxygen atoms in total. The van der Waals surface area contributed by atoms with Crippen molar-refractivity contribution in [1.82, 2.24) is 5.32 Å². The van der Waals surface area contributed by atoms with Crippen LogP contribution < -0.4 is 11.1 Å². The number of amides is 1. The average molecular weight is 172 g/mol. The van der Waals surface area contributed by atoms with Crippen molar-refractivity contribution in [2.45, 2.75) is 46.2 Å². The second kappa shape index (κ2) is 5.14. The van der Waals surface area contributed by atoms with Gasteiger partial charge in [0.05, 0.1) is 6.04 Å². The van der Waals surface area contributed by atoms with Gasteiger partial charge in [0, 0.05) is 6.04 Å². The second-order valence-electron chi connectivity index (χ2n) is 3.55. The monoisotopic (exact) mass is 172 g/mol. The molecular formula is C9H20N2O. The first-order valence-corrected chi connectivity index (χ1v) is 4.54. The molecule has 12 heavy (non-hydrogen) atoms. The fourth-order valence-electron chi connectivity index (χ4n) is 1.18. The van der Waals surface area contributed by atoms with Gasteiger partial charge in [0.25, 0.3) is 0 Å². The molecule has 0 heterocycles. The molecule has 3 heteroatoms. The first kappa shape index (κ1) is 11.4. The fraction of sp³-hybridized carbons (Fsp3) is 0.889. The van der Waals surface area contributed by atoms with Gasteiger partial charge in [-0.2, -0.15) is 0 Å². The largest absolute Gasteiger partial charge is 0.368 e. The Morgan fingerprint density at radius 2 is 1.92 bits per heavy atom. The lowest BCUT2D eigenvalue weighted by atomic mass is 10.0. The molecule has 0 rings (SSSR count). The number of rotatable bonds is 5. The summed E-state index contributed by atoms with van der Waals surface area (Å²) in [5.41, 5.74) is 5.14. The van der Waals surface area contributed by atoms with Gasteiger partial charge >= 0.3 is 0 Å². The SMILES string of the molecule is CCC(NC(C)C(N)=O)C(C)C. The molecule has 2 atom stereocenters. The van der Waals surface area contributed by atoms with Crippen LogP contribution in [0.15, 0.2) is 0 Å². The van der Waals surface area contributed by atoms with E-state index in [0.29, 0.717) is 12.0 Å². The van der Waals surface area contributed by atoms with Crippen LogP contribution in [-0.4, -0.2) is 18.0 Å². The number of nitrogens with one attached hydrogen (secondary N) is 1. The zero-order valence-corrected chi connectivity index (χ0v) is 8.42. The summed E-state index contributed by atoms with van der Waals surface area (Å²) in [5, 5.41) is 3.19. The third kappa shape index (κ3) is 3.72. The zero-order chi connectivity index (χ0) is 9.72. The highest BCUT2D eigenvalue weighted by atomic mass is 16.1. The molecule has 72 valence electrons. The Labute approximate surface area is 74.7 Å². The van der Waals surface area contributed by atoms with Gasteiger partial charge in [-0.25, -0.2) is 0 Å². The predicted molar refractivity (Wildman–Crippen MR) is 50.7 cm³/mol. The molecule has 2 unspecified atom stereocenters. The fourth-order valence-corrected chi connectivity index (χ4v) is 1.18. The van der Waals surface area contributed by atoms with E-state index in [1.807, 2.05) is 0 Å². The van der Waals surface area contributed by atoms with Gasteiger partial charge in [-0.15, -0.1) is 0 Å². The molecule has 0 bridgehead atoms. The Kier molecular flexibility index (Phi) is 4.90. The first-order valence-electron chi connectivity index (χ1n) is 4.54. The van der Waals surface area contributed by atoms with Gasteiger partial charge in [0.15, 0.2) is 0 Å². The van der Waals surface area contributed by atoms with Crippen molar-refractivity contribution >= 4 is 5.91 Å². The van der Waals surface area contributed by atoms with Crippen LogP contribution in [0.25, 0.3) is 0 Å². The van der Waals surface area contributed by atoms with Gasteiger partial charge in [0.2, 0.25) is 5.91 Å². The molecule has 0 spiro atoms. The third-order valence-electron chi connectivity index (χ3n) is 2.14. The molecule has 0 saturated carbocycles. The van der Waals surface area contributed by atoms with E-state index in [1.165, 1.54) is 0 Å². The van der Waals surface area contributed by atoms with Crippen LogP contribution >= 0.6 is 0 Å². The smallest absolute Gasteiger partial charge is 0.234 e. The zero-order valence-electron chi connectivity index (χ0n) is 8.42. The summed E-state index contributed by atoms with van der Waals surface area (Å²) in [6.45, 7) is 8.17. The van der Waals surface area contributed by atoms with Crippen LogP contribution in [0.4, 0.5) is 0 Å². The van der Waals surface area contributed by atoms with Crippen molar-refractivity contribution in [2.75, 3.05) is 0 Å². The predicted octanol–water partition coefficient (Wildman–Crippen LogP) is 0.884. The highest BCUT2D eigenvalue weighted by Crippen LogP contribution is 2.05. The van der Waals surface area contributed by atoms with Crippen molar-refractivity contribution in [3.63, 3.8) is 0 Å². The third-order valence-corrected chi connectivity index (χ3v) is 2.14. The standard InChI is InChI=1S/C9H20N2O/c1-5-8(6(2)3)11-7(4)9(10)12/h6-8,11H,5H2,1-4H3,(H2,10,12). The molecule has 0 aromatic carbocycles. The highest BCUT2D eigenvalue weighted by Gasteiger charge is 2.16. The molecular weight excluding hydrogens is 152 g/mol. The maximum Gasteiger partial charge on any atom is 0.234 e. The van der Waals surface area contributed by atoms with Crippen LogP contribution in [-0.2, 0) is 4.79 Å². The topological polar surface area (TPSA) is 55.1 Å². The molecule has 0 aromatic rings. The van der Waals surface area contributed by atoms with Crippen molar-refractivity contribution < 1.29 is 4.79 Å². The van der Waals surface area contributed by atoms with Gasteiger partial charge in [-0.3, -0.25) is 4.79 Å². The Bertz CT molecular complexity index is 145. The lowest BCUT2D eigenvalue weighted by Crippen LogP contribution is -2.46. The summed E-state index contributed by atoms with van der Waals surface area (Å²) in [6.07, 6.45) is 1.02. The van der Waals surface area contributed by atoms with Crippen LogP contribution in [0, 0.1) is 5.92 Å². The molecule has 0 radical (unpaired) electrons. The highest BCUT2D eigenvalue weighted by molar-refractivity contribution is 5.79. The summed E-state index contributed by atoms with van der Waals surface area (Å²) >= 11 is 0. The van der Waals surface area contributed by atoms with Crippen LogP contribution in [0.3, 0.4) is 0 Å². The van der Waals surface area contributed by atoms with Gasteiger partial charge in [-0.1, -0.05) is 20.8 Å². The molecule has 0 aliphatic heterocycles. The quantitative estimate of drug-likeness (QED) is 0.647. The van der Waals surface area contributed by atoms with E-state index in [4.69, 9.17) is 5.73 Å². The van der Waals surface area contributed by atoms with Crippen molar-refractivity contribution in [2.24, 2.45) is 11.7 Å². The van der Waals surface area contributed by atoms with Crippen LogP contribution in [0.2, 0.25) is 0 Å². The summed E-state index contributed by atoms with van der Waals surface area (Å²) < 4.78 is 0. The number of hydrogen-bond donors (Lipinski definition) is 2. The van der Waals surface area contributed by atoms with Crippen molar-refractivity contribution in [1.29, 1.82) is 0 Å². The molecule has 0 saturated heterocycles. The Morgan fingerprint density at radius 3 is 2.17 bits per heavy atom. The Balaban J connectivity index is 3.93. The van der Waals surface area contributed by atoms with Crippen molar-refractivity contribution in [3.8, 4) is 0 Å². The number of hydrogen-bond acceptors (Lipinski definition) is 2. The molecule has 0 aliphatic rings. The van der Waals surface area contributed by atoms with Gasteiger partial charge in [0.1, 0.15) is 0 Å². The lowest BCUT2D eigenvalue weighted by molar-refractivity contribution is -0.119. The van der Waals surface area contributed by atoms with E-state index in [2.05, 4.69) is 26.1 Å². The Hall–Kier alpha value is -0.570. The maximum absolute atomic E-state index is 10.7. The lowest BCUT2D eigenvalue weighted by Gasteiger charge is -2.23. The minimum Gasteiger partial charge on any atom is -0.368 e. The molecule has 1 amide bonds. The van der Waals surface area contributed by atoms with E-state index in [9.17, 15) is 4.79 Å². The molecule has 0 aromatic heterocycles. The number of carbonyl (C=O) groups excluding carboxylic acids is 1. The van der Waals surface area contributed by atoms with Gasteiger partial charge in [-0.05, 0) is 19.3 Å². The summed E-state index contributed by atoms with van der Waals surface area (Å²) in [5.74, 6) is 0.255. The minimum atomic E-state index is -0.283. The number of carbonyl (C=O) groups is 1. The Morgan fingerprint density at radius 1 is 1.42 bits per heavy atom. The van der Waals surface area contributed by atoms with Crippen LogP contribution in [0.1, 0.15) is 34.1 Å². The van der Waals surface area contributed by atoms with Gasteiger partial charge < -0.3 is 11.1 Å². The van der Waals surface area contributed by atoms with E-state index in [1.54, 1.807) is 6.92 Å². The normalized spacial score (nSPS) is 16.1.